The second kappa shape index (κ2) is 7.92. The molecule has 1 N–H and O–H groups in total. The van der Waals surface area contributed by atoms with Gasteiger partial charge in [0.2, 0.25) is 0 Å². The van der Waals surface area contributed by atoms with Gasteiger partial charge in [-0.1, -0.05) is 0 Å². The van der Waals surface area contributed by atoms with E-state index in [2.05, 4.69) is 10.3 Å². The highest BCUT2D eigenvalue weighted by Crippen LogP contribution is 2.25. The predicted octanol–water partition coefficient (Wildman–Crippen LogP) is 4.18. The van der Waals surface area contributed by atoms with Crippen LogP contribution in [0.4, 0.5) is 15.8 Å². The monoisotopic (exact) mass is 387 g/mol. The Kier molecular flexibility index (Phi) is 5.41. The largest absolute Gasteiger partial charge is 0.484 e. The van der Waals surface area contributed by atoms with Crippen molar-refractivity contribution in [3.63, 3.8) is 0 Å². The first-order valence-corrected chi connectivity index (χ1v) is 8.69. The molecule has 0 aliphatic heterocycles. The number of hydrogen-bond donors (Lipinski definition) is 1. The van der Waals surface area contributed by atoms with Crippen molar-refractivity contribution in [1.29, 1.82) is 0 Å². The number of ether oxygens (including phenoxy) is 1. The van der Waals surface area contributed by atoms with Crippen LogP contribution in [-0.2, 0) is 4.79 Å². The normalized spacial score (nSPS) is 10.4. The number of nitro benzene ring substituents is 1. The Morgan fingerprint density at radius 1 is 1.30 bits per heavy atom. The molecule has 1 amide bonds. The molecule has 0 aliphatic rings. The fraction of sp³-hybridized carbons (Fsp3) is 0.111. The van der Waals surface area contributed by atoms with E-state index in [0.29, 0.717) is 5.75 Å². The lowest BCUT2D eigenvalue weighted by atomic mass is 10.2. The number of rotatable bonds is 6. The van der Waals surface area contributed by atoms with Gasteiger partial charge in [-0.05, 0) is 37.3 Å². The van der Waals surface area contributed by atoms with E-state index in [4.69, 9.17) is 4.74 Å². The number of hydrogen-bond acceptors (Lipinski definition) is 6. The summed E-state index contributed by atoms with van der Waals surface area (Å²) < 4.78 is 19.0. The first-order valence-electron chi connectivity index (χ1n) is 7.81. The van der Waals surface area contributed by atoms with Crippen LogP contribution in [0.5, 0.6) is 5.75 Å². The number of halogens is 1. The fourth-order valence-electron chi connectivity index (χ4n) is 2.24. The van der Waals surface area contributed by atoms with Gasteiger partial charge in [-0.25, -0.2) is 9.37 Å². The lowest BCUT2D eigenvalue weighted by Gasteiger charge is -2.08. The number of nitro groups is 1. The first-order chi connectivity index (χ1) is 12.9. The number of benzene rings is 2. The molecule has 0 saturated carbocycles. The average Bonchev–Trinajstić information content (AvgIpc) is 3.08. The number of non-ortho nitro benzene ring substituents is 1. The Bertz CT molecular complexity index is 989. The third-order valence-electron chi connectivity index (χ3n) is 3.53. The smallest absolute Gasteiger partial charge is 0.271 e. The zero-order valence-corrected chi connectivity index (χ0v) is 15.0. The van der Waals surface area contributed by atoms with E-state index in [1.54, 1.807) is 12.1 Å². The van der Waals surface area contributed by atoms with Gasteiger partial charge in [-0.15, -0.1) is 11.3 Å². The van der Waals surface area contributed by atoms with Crippen LogP contribution >= 0.6 is 11.3 Å². The van der Waals surface area contributed by atoms with E-state index in [-0.39, 0.29) is 18.0 Å². The molecule has 3 aromatic rings. The maximum Gasteiger partial charge on any atom is 0.271 e. The summed E-state index contributed by atoms with van der Waals surface area (Å²) in [6.45, 7) is 1.55. The Hall–Kier alpha value is -3.33. The van der Waals surface area contributed by atoms with E-state index in [1.807, 2.05) is 24.4 Å². The zero-order valence-electron chi connectivity index (χ0n) is 14.1. The number of carbonyl (C=O) groups is 1. The highest BCUT2D eigenvalue weighted by atomic mass is 32.1. The van der Waals surface area contributed by atoms with Crippen LogP contribution in [0.15, 0.2) is 47.8 Å². The van der Waals surface area contributed by atoms with Gasteiger partial charge in [0.25, 0.3) is 11.6 Å². The maximum atomic E-state index is 13.7. The number of anilines is 1. The van der Waals surface area contributed by atoms with Crippen molar-refractivity contribution in [2.45, 2.75) is 6.92 Å². The molecule has 0 atom stereocenters. The molecule has 9 heteroatoms. The number of thiazole rings is 1. The summed E-state index contributed by atoms with van der Waals surface area (Å²) in [5.41, 5.74) is 1.29. The Balaban J connectivity index is 1.59. The van der Waals surface area contributed by atoms with Gasteiger partial charge in [-0.3, -0.25) is 14.9 Å². The van der Waals surface area contributed by atoms with Crippen LogP contribution in [0.1, 0.15) is 5.69 Å². The van der Waals surface area contributed by atoms with Crippen LogP contribution in [0.3, 0.4) is 0 Å². The molecule has 138 valence electrons. The summed E-state index contributed by atoms with van der Waals surface area (Å²) in [5.74, 6) is -0.937. The number of nitrogens with zero attached hydrogens (tertiary/aromatic N) is 2. The lowest BCUT2D eigenvalue weighted by molar-refractivity contribution is -0.384. The van der Waals surface area contributed by atoms with E-state index in [1.165, 1.54) is 11.3 Å². The maximum absolute atomic E-state index is 13.7. The molecule has 0 fully saturated rings. The van der Waals surface area contributed by atoms with Crippen molar-refractivity contribution in [3.05, 3.63) is 69.5 Å². The van der Waals surface area contributed by atoms with Crippen LogP contribution in [0.2, 0.25) is 0 Å². The summed E-state index contributed by atoms with van der Waals surface area (Å²) in [4.78, 5) is 26.4. The molecular weight excluding hydrogens is 373 g/mol. The fourth-order valence-corrected chi connectivity index (χ4v) is 3.04. The van der Waals surface area contributed by atoms with E-state index < -0.39 is 16.6 Å². The summed E-state index contributed by atoms with van der Waals surface area (Å²) >= 11 is 1.53. The standard InChI is InChI=1S/C18H14FN3O4S/c1-11-10-27-18(20-11)12-2-5-14(6-3-12)26-9-17(23)21-16-8-13(22(24)25)4-7-15(16)19/h2-8,10H,9H2,1H3,(H,21,23). The minimum Gasteiger partial charge on any atom is -0.484 e. The van der Waals surface area contributed by atoms with Crippen LogP contribution < -0.4 is 10.1 Å². The van der Waals surface area contributed by atoms with Gasteiger partial charge in [0.1, 0.15) is 16.6 Å². The second-order valence-electron chi connectivity index (χ2n) is 5.58. The van der Waals surface area contributed by atoms with E-state index in [9.17, 15) is 19.3 Å². The van der Waals surface area contributed by atoms with Crippen LogP contribution in [-0.4, -0.2) is 22.4 Å². The van der Waals surface area contributed by atoms with Crippen molar-refractivity contribution in [2.24, 2.45) is 0 Å². The number of carbonyl (C=O) groups excluding carboxylic acids is 1. The molecule has 0 spiro atoms. The summed E-state index contributed by atoms with van der Waals surface area (Å²) in [5, 5.41) is 15.8. The predicted molar refractivity (Wildman–Crippen MR) is 99.5 cm³/mol. The van der Waals surface area contributed by atoms with Crippen molar-refractivity contribution < 1.29 is 18.8 Å². The molecular formula is C18H14FN3O4S. The zero-order chi connectivity index (χ0) is 19.4. The van der Waals surface area contributed by atoms with Gasteiger partial charge in [-0.2, -0.15) is 0 Å². The Morgan fingerprint density at radius 2 is 2.04 bits per heavy atom. The summed E-state index contributed by atoms with van der Waals surface area (Å²) in [7, 11) is 0. The van der Waals surface area contributed by atoms with Gasteiger partial charge in [0.15, 0.2) is 6.61 Å². The minimum absolute atomic E-state index is 0.271. The quantitative estimate of drug-likeness (QED) is 0.506. The first kappa shape index (κ1) is 18.5. The lowest BCUT2D eigenvalue weighted by Crippen LogP contribution is -2.20. The van der Waals surface area contributed by atoms with Crippen LogP contribution in [0, 0.1) is 22.9 Å². The van der Waals surface area contributed by atoms with Crippen molar-refractivity contribution in [1.82, 2.24) is 4.98 Å². The average molecular weight is 387 g/mol. The van der Waals surface area contributed by atoms with Gasteiger partial charge in [0, 0.05) is 28.8 Å². The number of amides is 1. The molecule has 0 bridgehead atoms. The van der Waals surface area contributed by atoms with Crippen molar-refractivity contribution in [3.8, 4) is 16.3 Å². The molecule has 0 radical (unpaired) electrons. The van der Waals surface area contributed by atoms with Gasteiger partial charge >= 0.3 is 0 Å². The summed E-state index contributed by atoms with van der Waals surface area (Å²) in [6.07, 6.45) is 0. The third-order valence-corrected chi connectivity index (χ3v) is 4.53. The molecule has 0 saturated heterocycles. The second-order valence-corrected chi connectivity index (χ2v) is 6.43. The molecule has 3 rings (SSSR count). The SMILES string of the molecule is Cc1csc(-c2ccc(OCC(=O)Nc3cc([N+](=O)[O-])ccc3F)cc2)n1. The molecule has 1 aromatic heterocycles. The van der Waals surface area contributed by atoms with Crippen molar-refractivity contribution in [2.75, 3.05) is 11.9 Å². The molecule has 0 aliphatic carbocycles. The number of nitrogens with one attached hydrogen (secondary N) is 1. The molecule has 1 heterocycles. The number of aryl methyl sites for hydroxylation is 1. The minimum atomic E-state index is -0.767. The third kappa shape index (κ3) is 4.64. The molecule has 27 heavy (non-hydrogen) atoms. The summed E-state index contributed by atoms with van der Waals surface area (Å²) in [6, 6.07) is 9.96. The topological polar surface area (TPSA) is 94.4 Å². The highest BCUT2D eigenvalue weighted by Gasteiger charge is 2.13. The molecule has 2 aromatic carbocycles. The van der Waals surface area contributed by atoms with Crippen LogP contribution in [0.25, 0.3) is 10.6 Å². The highest BCUT2D eigenvalue weighted by molar-refractivity contribution is 7.13. The Labute approximate surface area is 157 Å². The Morgan fingerprint density at radius 3 is 2.67 bits per heavy atom. The van der Waals surface area contributed by atoms with E-state index >= 15 is 0 Å². The number of aromatic nitrogens is 1. The van der Waals surface area contributed by atoms with Crippen molar-refractivity contribution >= 4 is 28.6 Å². The van der Waals surface area contributed by atoms with Gasteiger partial charge < -0.3 is 10.1 Å². The molecule has 0 unspecified atom stereocenters. The van der Waals surface area contributed by atoms with Gasteiger partial charge in [0.05, 0.1) is 10.6 Å². The van der Waals surface area contributed by atoms with E-state index in [0.717, 1.165) is 34.5 Å². The molecule has 7 nitrogen and oxygen atoms in total.